The highest BCUT2D eigenvalue weighted by atomic mass is 16.5. The Kier molecular flexibility index (Phi) is 6.73. The smallest absolute Gasteiger partial charge is 0.0589 e. The zero-order valence-electron chi connectivity index (χ0n) is 11.0. The van der Waals surface area contributed by atoms with Gasteiger partial charge >= 0.3 is 0 Å². The van der Waals surface area contributed by atoms with Gasteiger partial charge in [-0.25, -0.2) is 0 Å². The van der Waals surface area contributed by atoms with Crippen LogP contribution in [0.5, 0.6) is 0 Å². The molecular formula is C13H26N2O2. The minimum atomic E-state index is 0.217. The van der Waals surface area contributed by atoms with Gasteiger partial charge in [0.25, 0.3) is 0 Å². The fraction of sp³-hybridized carbons (Fsp3) is 0.846. The Balaban J connectivity index is 2.51. The van der Waals surface area contributed by atoms with Crippen LogP contribution in [0.15, 0.2) is 12.7 Å². The summed E-state index contributed by atoms with van der Waals surface area (Å²) in [7, 11) is 1.74. The number of hydrogen-bond donors (Lipinski definition) is 1. The summed E-state index contributed by atoms with van der Waals surface area (Å²) in [6.45, 7) is 9.82. The lowest BCUT2D eigenvalue weighted by Crippen LogP contribution is -2.46. The van der Waals surface area contributed by atoms with Crippen LogP contribution in [0.2, 0.25) is 0 Å². The maximum absolute atomic E-state index is 5.97. The van der Waals surface area contributed by atoms with Gasteiger partial charge in [0, 0.05) is 40.0 Å². The summed E-state index contributed by atoms with van der Waals surface area (Å²) in [5.74, 6) is 0. The second kappa shape index (κ2) is 7.82. The molecule has 0 amide bonds. The van der Waals surface area contributed by atoms with E-state index in [0.29, 0.717) is 0 Å². The summed E-state index contributed by atoms with van der Waals surface area (Å²) in [6, 6.07) is 0. The van der Waals surface area contributed by atoms with Crippen LogP contribution in [-0.2, 0) is 9.47 Å². The van der Waals surface area contributed by atoms with E-state index >= 15 is 0 Å². The van der Waals surface area contributed by atoms with Crippen molar-refractivity contribution in [1.82, 2.24) is 4.90 Å². The third kappa shape index (κ3) is 4.76. The number of ether oxygens (including phenoxy) is 2. The minimum absolute atomic E-state index is 0.217. The SMILES string of the molecule is C=CCN(CCOC)CC1(CN)CCOCC1. The van der Waals surface area contributed by atoms with Crippen molar-refractivity contribution in [2.75, 3.05) is 53.1 Å². The Morgan fingerprint density at radius 3 is 2.71 bits per heavy atom. The van der Waals surface area contributed by atoms with Crippen molar-refractivity contribution in [2.24, 2.45) is 11.1 Å². The van der Waals surface area contributed by atoms with Gasteiger partial charge in [-0.3, -0.25) is 4.90 Å². The standard InChI is InChI=1S/C13H26N2O2/c1-3-6-15(7-10-16-2)12-13(11-14)4-8-17-9-5-13/h3H,1,4-12,14H2,2H3. The Morgan fingerprint density at radius 2 is 2.18 bits per heavy atom. The van der Waals surface area contributed by atoms with Crippen LogP contribution in [0.3, 0.4) is 0 Å². The second-order valence-electron chi connectivity index (χ2n) is 4.83. The minimum Gasteiger partial charge on any atom is -0.383 e. The van der Waals surface area contributed by atoms with Crippen LogP contribution in [0, 0.1) is 5.41 Å². The average Bonchev–Trinajstić information content (AvgIpc) is 2.37. The van der Waals surface area contributed by atoms with Crippen molar-refractivity contribution in [3.8, 4) is 0 Å². The number of rotatable bonds is 8. The van der Waals surface area contributed by atoms with Crippen molar-refractivity contribution >= 4 is 0 Å². The largest absolute Gasteiger partial charge is 0.383 e. The van der Waals surface area contributed by atoms with Crippen LogP contribution >= 0.6 is 0 Å². The molecule has 0 aliphatic carbocycles. The van der Waals surface area contributed by atoms with Crippen LogP contribution < -0.4 is 5.73 Å². The van der Waals surface area contributed by atoms with Gasteiger partial charge < -0.3 is 15.2 Å². The molecule has 1 fully saturated rings. The van der Waals surface area contributed by atoms with Crippen LogP contribution in [0.1, 0.15) is 12.8 Å². The third-order valence-electron chi connectivity index (χ3n) is 3.54. The zero-order valence-corrected chi connectivity index (χ0v) is 11.0. The topological polar surface area (TPSA) is 47.7 Å². The predicted molar refractivity (Wildman–Crippen MR) is 70.1 cm³/mol. The van der Waals surface area contributed by atoms with E-state index in [-0.39, 0.29) is 5.41 Å². The first-order valence-electron chi connectivity index (χ1n) is 6.36. The van der Waals surface area contributed by atoms with Crippen molar-refractivity contribution in [3.63, 3.8) is 0 Å². The Labute approximate surface area is 105 Å². The van der Waals surface area contributed by atoms with E-state index in [1.165, 1.54) is 0 Å². The molecule has 1 aliphatic heterocycles. The van der Waals surface area contributed by atoms with Gasteiger partial charge in [0.05, 0.1) is 6.61 Å². The molecule has 0 bridgehead atoms. The molecule has 1 rings (SSSR count). The van der Waals surface area contributed by atoms with Gasteiger partial charge in [-0.05, 0) is 24.8 Å². The van der Waals surface area contributed by atoms with E-state index in [9.17, 15) is 0 Å². The summed E-state index contributed by atoms with van der Waals surface area (Å²) in [4.78, 5) is 2.37. The van der Waals surface area contributed by atoms with Crippen LogP contribution in [0.4, 0.5) is 0 Å². The Bertz CT molecular complexity index is 215. The van der Waals surface area contributed by atoms with Crippen LogP contribution in [0.25, 0.3) is 0 Å². The number of nitrogens with zero attached hydrogens (tertiary/aromatic N) is 1. The monoisotopic (exact) mass is 242 g/mol. The average molecular weight is 242 g/mol. The lowest BCUT2D eigenvalue weighted by atomic mass is 9.79. The van der Waals surface area contributed by atoms with Gasteiger partial charge in [0.1, 0.15) is 0 Å². The molecule has 4 nitrogen and oxygen atoms in total. The van der Waals surface area contributed by atoms with E-state index in [4.69, 9.17) is 15.2 Å². The van der Waals surface area contributed by atoms with Gasteiger partial charge in [-0.1, -0.05) is 6.08 Å². The second-order valence-corrected chi connectivity index (χ2v) is 4.83. The summed E-state index contributed by atoms with van der Waals surface area (Å²) in [5.41, 5.74) is 6.19. The number of hydrogen-bond acceptors (Lipinski definition) is 4. The lowest BCUT2D eigenvalue weighted by Gasteiger charge is -2.40. The summed E-state index contributed by atoms with van der Waals surface area (Å²) in [5, 5.41) is 0. The van der Waals surface area contributed by atoms with Gasteiger partial charge in [-0.2, -0.15) is 0 Å². The molecule has 0 aromatic carbocycles. The molecule has 1 heterocycles. The molecule has 0 aromatic heterocycles. The Morgan fingerprint density at radius 1 is 1.47 bits per heavy atom. The quantitative estimate of drug-likeness (QED) is 0.642. The maximum Gasteiger partial charge on any atom is 0.0589 e. The first kappa shape index (κ1) is 14.6. The van der Waals surface area contributed by atoms with E-state index in [1.54, 1.807) is 7.11 Å². The Hall–Kier alpha value is -0.420. The third-order valence-corrected chi connectivity index (χ3v) is 3.54. The highest BCUT2D eigenvalue weighted by Gasteiger charge is 2.32. The van der Waals surface area contributed by atoms with Gasteiger partial charge in [-0.15, -0.1) is 6.58 Å². The highest BCUT2D eigenvalue weighted by Crippen LogP contribution is 2.30. The maximum atomic E-state index is 5.97. The normalized spacial score (nSPS) is 19.5. The van der Waals surface area contributed by atoms with Crippen molar-refractivity contribution in [3.05, 3.63) is 12.7 Å². The summed E-state index contributed by atoms with van der Waals surface area (Å²) in [6.07, 6.45) is 4.06. The molecule has 17 heavy (non-hydrogen) atoms. The molecule has 0 aromatic rings. The van der Waals surface area contributed by atoms with E-state index in [0.717, 1.165) is 58.8 Å². The molecule has 2 N–H and O–H groups in total. The number of methoxy groups -OCH3 is 1. The first-order valence-corrected chi connectivity index (χ1v) is 6.36. The lowest BCUT2D eigenvalue weighted by molar-refractivity contribution is -0.00147. The van der Waals surface area contributed by atoms with Crippen LogP contribution in [-0.4, -0.2) is 58.0 Å². The van der Waals surface area contributed by atoms with Crippen molar-refractivity contribution in [1.29, 1.82) is 0 Å². The zero-order chi connectivity index (χ0) is 12.6. The molecule has 0 unspecified atom stereocenters. The molecule has 1 saturated heterocycles. The van der Waals surface area contributed by atoms with E-state index in [1.807, 2.05) is 6.08 Å². The van der Waals surface area contributed by atoms with Gasteiger partial charge in [0.15, 0.2) is 0 Å². The molecule has 0 atom stereocenters. The van der Waals surface area contributed by atoms with Gasteiger partial charge in [0.2, 0.25) is 0 Å². The molecule has 1 aliphatic rings. The summed E-state index contributed by atoms with van der Waals surface area (Å²) < 4.78 is 10.6. The fourth-order valence-electron chi connectivity index (χ4n) is 2.34. The van der Waals surface area contributed by atoms with Crippen molar-refractivity contribution in [2.45, 2.75) is 12.8 Å². The molecule has 0 radical (unpaired) electrons. The molecule has 4 heteroatoms. The van der Waals surface area contributed by atoms with E-state index < -0.39 is 0 Å². The predicted octanol–water partition coefficient (Wildman–Crippen LogP) is 0.876. The molecule has 100 valence electrons. The summed E-state index contributed by atoms with van der Waals surface area (Å²) >= 11 is 0. The number of nitrogens with two attached hydrogens (primary N) is 1. The van der Waals surface area contributed by atoms with Crippen molar-refractivity contribution < 1.29 is 9.47 Å². The fourth-order valence-corrected chi connectivity index (χ4v) is 2.34. The molecule has 0 saturated carbocycles. The first-order chi connectivity index (χ1) is 8.26. The molecular weight excluding hydrogens is 216 g/mol. The molecule has 0 spiro atoms. The highest BCUT2D eigenvalue weighted by molar-refractivity contribution is 4.87. The van der Waals surface area contributed by atoms with E-state index in [2.05, 4.69) is 11.5 Å².